The zero-order valence-electron chi connectivity index (χ0n) is 13.1. The fourth-order valence-corrected chi connectivity index (χ4v) is 2.75. The molecule has 1 amide bonds. The Bertz CT molecular complexity index is 270. The van der Waals surface area contributed by atoms with Crippen LogP contribution in [0.1, 0.15) is 46.0 Å². The van der Waals surface area contributed by atoms with Crippen LogP contribution in [0.25, 0.3) is 0 Å². The number of carbonyl (C=O) groups excluding carboxylic acids is 1. The minimum atomic E-state index is -0.610. The lowest BCUT2D eigenvalue weighted by Gasteiger charge is -2.29. The molecule has 1 fully saturated rings. The quantitative estimate of drug-likeness (QED) is 0.786. The van der Waals surface area contributed by atoms with Crippen molar-refractivity contribution >= 4 is 30.7 Å². The van der Waals surface area contributed by atoms with Gasteiger partial charge in [0.25, 0.3) is 0 Å². The molecule has 1 rings (SSSR count). The van der Waals surface area contributed by atoms with Crippen LogP contribution < -0.4 is 11.1 Å². The molecule has 1 aliphatic rings. The molecule has 0 aliphatic heterocycles. The molecule has 122 valence electrons. The Hall–Kier alpha value is -0.0300. The third kappa shape index (κ3) is 7.11. The van der Waals surface area contributed by atoms with Gasteiger partial charge in [0.05, 0.1) is 5.54 Å². The van der Waals surface area contributed by atoms with E-state index >= 15 is 0 Å². The standard InChI is InChI=1S/C14H29N3O.2ClH/c1-11(2)9-12(10-17(3)4)16-13(18)14(15)7-5-6-8-14;;/h11-12H,5-10,15H2,1-4H3,(H,16,18);2*1H. The maximum atomic E-state index is 12.3. The van der Waals surface area contributed by atoms with E-state index in [1.54, 1.807) is 0 Å². The van der Waals surface area contributed by atoms with Gasteiger partial charge in [-0.25, -0.2) is 0 Å². The van der Waals surface area contributed by atoms with Crippen LogP contribution in [-0.4, -0.2) is 43.0 Å². The van der Waals surface area contributed by atoms with Crippen molar-refractivity contribution in [3.63, 3.8) is 0 Å². The van der Waals surface area contributed by atoms with Crippen LogP contribution in [0.15, 0.2) is 0 Å². The molecule has 0 radical (unpaired) electrons. The molecule has 1 atom stereocenters. The first-order chi connectivity index (χ1) is 8.33. The zero-order valence-corrected chi connectivity index (χ0v) is 14.8. The summed E-state index contributed by atoms with van der Waals surface area (Å²) in [5, 5.41) is 3.16. The largest absolute Gasteiger partial charge is 0.350 e. The van der Waals surface area contributed by atoms with Gasteiger partial charge in [-0.1, -0.05) is 26.7 Å². The summed E-state index contributed by atoms with van der Waals surface area (Å²) in [6.45, 7) is 5.24. The van der Waals surface area contributed by atoms with Crippen LogP contribution in [0.2, 0.25) is 0 Å². The number of carbonyl (C=O) groups is 1. The average Bonchev–Trinajstić information content (AvgIpc) is 2.64. The molecule has 0 aromatic carbocycles. The molecule has 0 aromatic heterocycles. The maximum Gasteiger partial charge on any atom is 0.240 e. The van der Waals surface area contributed by atoms with Crippen molar-refractivity contribution in [3.8, 4) is 0 Å². The minimum Gasteiger partial charge on any atom is -0.350 e. The summed E-state index contributed by atoms with van der Waals surface area (Å²) in [7, 11) is 4.07. The first kappa shape index (κ1) is 22.3. The normalized spacial score (nSPS) is 18.4. The topological polar surface area (TPSA) is 58.4 Å². The third-order valence-electron chi connectivity index (χ3n) is 3.62. The lowest BCUT2D eigenvalue weighted by atomic mass is 9.96. The Labute approximate surface area is 136 Å². The van der Waals surface area contributed by atoms with E-state index in [0.29, 0.717) is 5.92 Å². The maximum absolute atomic E-state index is 12.3. The fourth-order valence-electron chi connectivity index (χ4n) is 2.75. The van der Waals surface area contributed by atoms with Crippen LogP contribution in [0, 0.1) is 5.92 Å². The number of halogens is 2. The molecule has 0 bridgehead atoms. The second-order valence-electron chi connectivity index (χ2n) is 6.43. The highest BCUT2D eigenvalue weighted by atomic mass is 35.5. The second kappa shape index (κ2) is 9.82. The summed E-state index contributed by atoms with van der Waals surface area (Å²) in [5.74, 6) is 0.625. The van der Waals surface area contributed by atoms with Gasteiger partial charge in [0.15, 0.2) is 0 Å². The van der Waals surface area contributed by atoms with Crippen LogP contribution >= 0.6 is 24.8 Å². The van der Waals surface area contributed by atoms with Crippen LogP contribution in [0.4, 0.5) is 0 Å². The molecule has 1 unspecified atom stereocenters. The predicted octanol–water partition coefficient (Wildman–Crippen LogP) is 2.19. The molecule has 4 nitrogen and oxygen atoms in total. The first-order valence-corrected chi connectivity index (χ1v) is 7.08. The Morgan fingerprint density at radius 2 is 1.75 bits per heavy atom. The molecule has 0 aromatic rings. The van der Waals surface area contributed by atoms with Gasteiger partial charge in [0.1, 0.15) is 0 Å². The van der Waals surface area contributed by atoms with E-state index in [4.69, 9.17) is 5.73 Å². The SMILES string of the molecule is CC(C)CC(CN(C)C)NC(=O)C1(N)CCCC1.Cl.Cl. The van der Waals surface area contributed by atoms with Crippen molar-refractivity contribution in [1.29, 1.82) is 0 Å². The number of nitrogens with one attached hydrogen (secondary N) is 1. The molecular formula is C14H31Cl2N3O. The monoisotopic (exact) mass is 327 g/mol. The van der Waals surface area contributed by atoms with E-state index < -0.39 is 5.54 Å². The summed E-state index contributed by atoms with van der Waals surface area (Å²) in [6, 6.07) is 0.202. The molecule has 1 aliphatic carbocycles. The van der Waals surface area contributed by atoms with E-state index in [1.807, 2.05) is 14.1 Å². The highest BCUT2D eigenvalue weighted by molar-refractivity contribution is 5.86. The van der Waals surface area contributed by atoms with Crippen molar-refractivity contribution in [3.05, 3.63) is 0 Å². The molecule has 0 heterocycles. The third-order valence-corrected chi connectivity index (χ3v) is 3.62. The van der Waals surface area contributed by atoms with E-state index in [2.05, 4.69) is 24.1 Å². The van der Waals surface area contributed by atoms with Gasteiger partial charge in [0, 0.05) is 12.6 Å². The Balaban J connectivity index is 0. The summed E-state index contributed by atoms with van der Waals surface area (Å²) >= 11 is 0. The lowest BCUT2D eigenvalue weighted by molar-refractivity contribution is -0.127. The molecule has 0 saturated heterocycles. The van der Waals surface area contributed by atoms with Gasteiger partial charge >= 0.3 is 0 Å². The van der Waals surface area contributed by atoms with Crippen LogP contribution in [0.3, 0.4) is 0 Å². The van der Waals surface area contributed by atoms with Crippen molar-refractivity contribution in [2.45, 2.75) is 57.5 Å². The highest BCUT2D eigenvalue weighted by Crippen LogP contribution is 2.27. The summed E-state index contributed by atoms with van der Waals surface area (Å²) < 4.78 is 0. The Kier molecular flexibility index (Phi) is 10.9. The number of nitrogens with zero attached hydrogens (tertiary/aromatic N) is 1. The van der Waals surface area contributed by atoms with Gasteiger partial charge < -0.3 is 16.0 Å². The summed E-state index contributed by atoms with van der Waals surface area (Å²) in [6.07, 6.45) is 4.81. The van der Waals surface area contributed by atoms with Crippen molar-refractivity contribution in [2.24, 2.45) is 11.7 Å². The molecule has 0 spiro atoms. The molecule has 3 N–H and O–H groups in total. The predicted molar refractivity (Wildman–Crippen MR) is 89.8 cm³/mol. The number of likely N-dealkylation sites (N-methyl/N-ethyl adjacent to an activating group) is 1. The molecule has 20 heavy (non-hydrogen) atoms. The van der Waals surface area contributed by atoms with Crippen molar-refractivity contribution in [2.75, 3.05) is 20.6 Å². The number of hydrogen-bond acceptors (Lipinski definition) is 3. The summed E-state index contributed by atoms with van der Waals surface area (Å²) in [5.41, 5.74) is 5.58. The number of rotatable bonds is 6. The average molecular weight is 328 g/mol. The van der Waals surface area contributed by atoms with Gasteiger partial charge in [-0.2, -0.15) is 0 Å². The lowest BCUT2D eigenvalue weighted by Crippen LogP contribution is -2.56. The molecular weight excluding hydrogens is 297 g/mol. The molecule has 6 heteroatoms. The van der Waals surface area contributed by atoms with Gasteiger partial charge in [-0.3, -0.25) is 4.79 Å². The first-order valence-electron chi connectivity index (χ1n) is 7.08. The minimum absolute atomic E-state index is 0. The fraction of sp³-hybridized carbons (Fsp3) is 0.929. The van der Waals surface area contributed by atoms with Gasteiger partial charge in [-0.15, -0.1) is 24.8 Å². The number of nitrogens with two attached hydrogens (primary N) is 1. The van der Waals surface area contributed by atoms with Crippen molar-refractivity contribution in [1.82, 2.24) is 10.2 Å². The summed E-state index contributed by atoms with van der Waals surface area (Å²) in [4.78, 5) is 14.4. The van der Waals surface area contributed by atoms with Gasteiger partial charge in [-0.05, 0) is 39.3 Å². The smallest absolute Gasteiger partial charge is 0.240 e. The van der Waals surface area contributed by atoms with Crippen LogP contribution in [-0.2, 0) is 4.79 Å². The van der Waals surface area contributed by atoms with Gasteiger partial charge in [0.2, 0.25) is 5.91 Å². The van der Waals surface area contributed by atoms with Crippen LogP contribution in [0.5, 0.6) is 0 Å². The van der Waals surface area contributed by atoms with E-state index in [-0.39, 0.29) is 36.8 Å². The highest BCUT2D eigenvalue weighted by Gasteiger charge is 2.37. The number of hydrogen-bond donors (Lipinski definition) is 2. The zero-order chi connectivity index (χ0) is 13.8. The Morgan fingerprint density at radius 1 is 1.25 bits per heavy atom. The number of amides is 1. The second-order valence-corrected chi connectivity index (χ2v) is 6.43. The van der Waals surface area contributed by atoms with E-state index in [1.165, 1.54) is 0 Å². The van der Waals surface area contributed by atoms with E-state index in [0.717, 1.165) is 38.6 Å². The van der Waals surface area contributed by atoms with Crippen molar-refractivity contribution < 1.29 is 4.79 Å². The van der Waals surface area contributed by atoms with E-state index in [9.17, 15) is 4.79 Å². The Morgan fingerprint density at radius 3 is 2.15 bits per heavy atom. The molecule has 1 saturated carbocycles.